The van der Waals surface area contributed by atoms with Crippen LogP contribution < -0.4 is 14.4 Å². The van der Waals surface area contributed by atoms with Crippen LogP contribution in [0.25, 0.3) is 0 Å². The average Bonchev–Trinajstić information content (AvgIpc) is 2.46. The maximum Gasteiger partial charge on any atom is 0.162 e. The molecular formula is C14H16N2O2. The van der Waals surface area contributed by atoms with Crippen molar-refractivity contribution < 1.29 is 9.47 Å². The topological polar surface area (TPSA) is 45.5 Å². The van der Waals surface area contributed by atoms with Crippen LogP contribution in [0.2, 0.25) is 0 Å². The minimum atomic E-state index is 0.727. The zero-order valence-corrected chi connectivity index (χ0v) is 10.6. The molecule has 2 rings (SSSR count). The van der Waals surface area contributed by atoms with Gasteiger partial charge in [0, 0.05) is 30.4 Å². The number of benzene rings is 1. The number of nitrogens with zero attached hydrogens (tertiary/aromatic N) is 2. The van der Waals surface area contributed by atoms with Gasteiger partial charge in [-0.15, -0.1) is 0 Å². The van der Waals surface area contributed by atoms with Crippen LogP contribution in [0.1, 0.15) is 6.42 Å². The molecule has 0 atom stereocenters. The van der Waals surface area contributed by atoms with Crippen molar-refractivity contribution in [3.8, 4) is 17.6 Å². The average molecular weight is 244 g/mol. The third kappa shape index (κ3) is 2.40. The lowest BCUT2D eigenvalue weighted by Crippen LogP contribution is -2.28. The summed E-state index contributed by atoms with van der Waals surface area (Å²) >= 11 is 0. The number of ether oxygens (including phenoxy) is 2. The molecule has 0 bridgehead atoms. The smallest absolute Gasteiger partial charge is 0.162 e. The van der Waals surface area contributed by atoms with Crippen LogP contribution in [0.15, 0.2) is 29.8 Å². The maximum atomic E-state index is 8.82. The molecule has 0 radical (unpaired) electrons. The molecule has 0 spiro atoms. The molecule has 18 heavy (non-hydrogen) atoms. The molecular weight excluding hydrogens is 228 g/mol. The van der Waals surface area contributed by atoms with Crippen LogP contribution in [-0.4, -0.2) is 27.3 Å². The first kappa shape index (κ1) is 12.3. The number of nitriles is 1. The fourth-order valence-corrected chi connectivity index (χ4v) is 2.03. The van der Waals surface area contributed by atoms with E-state index in [2.05, 4.69) is 11.0 Å². The van der Waals surface area contributed by atoms with Gasteiger partial charge in [0.25, 0.3) is 0 Å². The van der Waals surface area contributed by atoms with E-state index in [1.165, 1.54) is 0 Å². The van der Waals surface area contributed by atoms with Crippen molar-refractivity contribution in [2.45, 2.75) is 6.42 Å². The Balaban J connectivity index is 2.20. The molecule has 1 aromatic carbocycles. The Morgan fingerprint density at radius 3 is 2.56 bits per heavy atom. The van der Waals surface area contributed by atoms with Crippen molar-refractivity contribution in [2.24, 2.45) is 0 Å². The van der Waals surface area contributed by atoms with Crippen molar-refractivity contribution in [1.82, 2.24) is 0 Å². The van der Waals surface area contributed by atoms with E-state index in [9.17, 15) is 0 Å². The molecule has 1 heterocycles. The highest BCUT2D eigenvalue weighted by Crippen LogP contribution is 2.32. The SMILES string of the molecule is COc1ccc(N2CC=C(C#N)CC2)cc1OC. The molecule has 4 nitrogen and oxygen atoms in total. The minimum absolute atomic E-state index is 0.727. The first-order valence-corrected chi connectivity index (χ1v) is 5.84. The summed E-state index contributed by atoms with van der Waals surface area (Å²) in [7, 11) is 3.26. The molecule has 0 amide bonds. The summed E-state index contributed by atoms with van der Waals surface area (Å²) < 4.78 is 10.5. The second kappa shape index (κ2) is 5.46. The van der Waals surface area contributed by atoms with Crippen molar-refractivity contribution >= 4 is 5.69 Å². The molecule has 94 valence electrons. The van der Waals surface area contributed by atoms with Crippen LogP contribution in [0, 0.1) is 11.3 Å². The van der Waals surface area contributed by atoms with E-state index < -0.39 is 0 Å². The standard InChI is InChI=1S/C14H16N2O2/c1-17-13-4-3-12(9-14(13)18-2)16-7-5-11(10-15)6-8-16/h3-5,9H,6-8H2,1-2H3. The Morgan fingerprint density at radius 1 is 1.22 bits per heavy atom. The molecule has 1 aliphatic heterocycles. The quantitative estimate of drug-likeness (QED) is 0.818. The summed E-state index contributed by atoms with van der Waals surface area (Å²) in [5.41, 5.74) is 1.95. The highest BCUT2D eigenvalue weighted by Gasteiger charge is 2.14. The first-order valence-electron chi connectivity index (χ1n) is 5.84. The summed E-state index contributed by atoms with van der Waals surface area (Å²) in [5.74, 6) is 1.46. The summed E-state index contributed by atoms with van der Waals surface area (Å²) in [6.07, 6.45) is 2.77. The zero-order valence-electron chi connectivity index (χ0n) is 10.6. The highest BCUT2D eigenvalue weighted by molar-refractivity contribution is 5.57. The highest BCUT2D eigenvalue weighted by atomic mass is 16.5. The molecule has 0 saturated carbocycles. The van der Waals surface area contributed by atoms with Gasteiger partial charge in [-0.1, -0.05) is 6.08 Å². The van der Waals surface area contributed by atoms with Gasteiger partial charge in [0.2, 0.25) is 0 Å². The molecule has 0 fully saturated rings. The molecule has 1 aliphatic rings. The van der Waals surface area contributed by atoms with Gasteiger partial charge in [-0.2, -0.15) is 5.26 Å². The molecule has 1 aromatic rings. The second-order valence-electron chi connectivity index (χ2n) is 4.08. The maximum absolute atomic E-state index is 8.82. The summed E-state index contributed by atoms with van der Waals surface area (Å²) in [6, 6.07) is 8.08. The van der Waals surface area contributed by atoms with Crippen LogP contribution in [0.3, 0.4) is 0 Å². The van der Waals surface area contributed by atoms with Gasteiger partial charge in [0.1, 0.15) is 0 Å². The minimum Gasteiger partial charge on any atom is -0.493 e. The fourth-order valence-electron chi connectivity index (χ4n) is 2.03. The molecule has 0 aromatic heterocycles. The van der Waals surface area contributed by atoms with E-state index in [-0.39, 0.29) is 0 Å². The first-order chi connectivity index (χ1) is 8.78. The molecule has 0 saturated heterocycles. The number of anilines is 1. The number of hydrogen-bond acceptors (Lipinski definition) is 4. The lowest BCUT2D eigenvalue weighted by molar-refractivity contribution is 0.355. The molecule has 4 heteroatoms. The summed E-state index contributed by atoms with van der Waals surface area (Å²) in [5, 5.41) is 8.82. The predicted octanol–water partition coefficient (Wildman–Crippen LogP) is 2.36. The second-order valence-corrected chi connectivity index (χ2v) is 4.08. The van der Waals surface area contributed by atoms with Crippen molar-refractivity contribution in [3.63, 3.8) is 0 Å². The normalized spacial score (nSPS) is 14.7. The van der Waals surface area contributed by atoms with Gasteiger partial charge in [0.05, 0.1) is 20.3 Å². The van der Waals surface area contributed by atoms with Crippen molar-refractivity contribution in [1.29, 1.82) is 5.26 Å². The lowest BCUT2D eigenvalue weighted by Gasteiger charge is -2.27. The van der Waals surface area contributed by atoms with E-state index in [4.69, 9.17) is 14.7 Å². The molecule has 0 N–H and O–H groups in total. The van der Waals surface area contributed by atoms with Gasteiger partial charge in [-0.3, -0.25) is 0 Å². The predicted molar refractivity (Wildman–Crippen MR) is 70.1 cm³/mol. The van der Waals surface area contributed by atoms with Crippen LogP contribution in [-0.2, 0) is 0 Å². The Hall–Kier alpha value is -2.15. The Bertz CT molecular complexity index is 503. The number of rotatable bonds is 3. The third-order valence-electron chi connectivity index (χ3n) is 3.09. The van der Waals surface area contributed by atoms with Gasteiger partial charge in [-0.25, -0.2) is 0 Å². The van der Waals surface area contributed by atoms with E-state index in [0.717, 1.165) is 42.3 Å². The molecule has 0 aliphatic carbocycles. The van der Waals surface area contributed by atoms with E-state index in [1.54, 1.807) is 14.2 Å². The monoisotopic (exact) mass is 244 g/mol. The van der Waals surface area contributed by atoms with Crippen LogP contribution in [0.5, 0.6) is 11.5 Å². The molecule has 0 unspecified atom stereocenters. The fraction of sp³-hybridized carbons (Fsp3) is 0.357. The number of hydrogen-bond donors (Lipinski definition) is 0. The van der Waals surface area contributed by atoms with Gasteiger partial charge in [-0.05, 0) is 18.6 Å². The van der Waals surface area contributed by atoms with E-state index >= 15 is 0 Å². The zero-order chi connectivity index (χ0) is 13.0. The van der Waals surface area contributed by atoms with Gasteiger partial charge in [0.15, 0.2) is 11.5 Å². The Kier molecular flexibility index (Phi) is 3.73. The van der Waals surface area contributed by atoms with Crippen molar-refractivity contribution in [3.05, 3.63) is 29.8 Å². The van der Waals surface area contributed by atoms with Crippen molar-refractivity contribution in [2.75, 3.05) is 32.2 Å². The summed E-state index contributed by atoms with van der Waals surface area (Å²) in [4.78, 5) is 2.21. The Morgan fingerprint density at radius 2 is 2.00 bits per heavy atom. The summed E-state index contributed by atoms with van der Waals surface area (Å²) in [6.45, 7) is 1.62. The Labute approximate surface area is 107 Å². The largest absolute Gasteiger partial charge is 0.493 e. The van der Waals surface area contributed by atoms with E-state index in [1.807, 2.05) is 24.3 Å². The van der Waals surface area contributed by atoms with E-state index in [0.29, 0.717) is 0 Å². The third-order valence-corrected chi connectivity index (χ3v) is 3.09. The van der Waals surface area contributed by atoms with Gasteiger partial charge < -0.3 is 14.4 Å². The lowest BCUT2D eigenvalue weighted by atomic mass is 10.1. The van der Waals surface area contributed by atoms with Crippen LogP contribution >= 0.6 is 0 Å². The van der Waals surface area contributed by atoms with Crippen LogP contribution in [0.4, 0.5) is 5.69 Å². The number of methoxy groups -OCH3 is 2. The van der Waals surface area contributed by atoms with Gasteiger partial charge >= 0.3 is 0 Å².